The van der Waals surface area contributed by atoms with Crippen molar-refractivity contribution < 1.29 is 0 Å². The van der Waals surface area contributed by atoms with Crippen molar-refractivity contribution in [3.05, 3.63) is 0 Å². The maximum absolute atomic E-state index is 2.77. The fourth-order valence-corrected chi connectivity index (χ4v) is 6.23. The summed E-state index contributed by atoms with van der Waals surface area (Å²) in [6, 6.07) is 4.06. The molecular formula is C13H31NSi2. The number of hydrogen-bond acceptors (Lipinski definition) is 1. The second kappa shape index (κ2) is 6.97. The second-order valence-corrected chi connectivity index (χ2v) is 14.6. The maximum atomic E-state index is 2.77. The molecule has 0 heterocycles. The summed E-state index contributed by atoms with van der Waals surface area (Å²) in [5.74, 6) is 0. The van der Waals surface area contributed by atoms with Gasteiger partial charge in [-0.15, -0.1) is 0 Å². The van der Waals surface area contributed by atoms with Gasteiger partial charge in [-0.3, -0.25) is 0 Å². The van der Waals surface area contributed by atoms with Gasteiger partial charge in [0.1, 0.15) is 0 Å². The van der Waals surface area contributed by atoms with Crippen LogP contribution < -0.4 is 0 Å². The van der Waals surface area contributed by atoms with Crippen LogP contribution in [0, 0.1) is 0 Å². The first-order valence-corrected chi connectivity index (χ1v) is 12.5. The van der Waals surface area contributed by atoms with Crippen molar-refractivity contribution in [2.24, 2.45) is 0 Å². The Morgan fingerprint density at radius 1 is 1.12 bits per heavy atom. The van der Waals surface area contributed by atoms with Crippen molar-refractivity contribution in [2.45, 2.75) is 76.3 Å². The van der Waals surface area contributed by atoms with Crippen LogP contribution in [-0.2, 0) is 0 Å². The average molecular weight is 258 g/mol. The Labute approximate surface area is 106 Å². The number of rotatable bonds is 6. The molecule has 0 amide bonds. The molecule has 0 radical (unpaired) electrons. The predicted molar refractivity (Wildman–Crippen MR) is 80.8 cm³/mol. The van der Waals surface area contributed by atoms with Gasteiger partial charge in [-0.1, -0.05) is 57.4 Å². The number of nitrogens with zero attached hydrogens (tertiary/aromatic N) is 1. The normalized spacial score (nSPS) is 20.1. The monoisotopic (exact) mass is 257 g/mol. The molecular weight excluding hydrogens is 226 g/mol. The van der Waals surface area contributed by atoms with Crippen molar-refractivity contribution in [1.29, 1.82) is 0 Å². The van der Waals surface area contributed by atoms with Crippen LogP contribution >= 0.6 is 0 Å². The third kappa shape index (κ3) is 6.21. The standard InChI is InChI=1S/C13H31NSi2/c1-14(13-9-6-5-7-10-13)15-11-8-12-16(2,3)4/h13H,5-12,15H2,1-4H3. The third-order valence-electron chi connectivity index (χ3n) is 3.89. The van der Waals surface area contributed by atoms with Gasteiger partial charge in [-0.2, -0.15) is 0 Å². The molecule has 0 aromatic rings. The first-order valence-electron chi connectivity index (χ1n) is 7.19. The molecule has 0 unspecified atom stereocenters. The van der Waals surface area contributed by atoms with E-state index in [0.717, 1.165) is 6.04 Å². The minimum absolute atomic E-state index is 0.0774. The summed E-state index contributed by atoms with van der Waals surface area (Å²) in [5.41, 5.74) is 0. The lowest BCUT2D eigenvalue weighted by Gasteiger charge is -2.31. The van der Waals surface area contributed by atoms with Gasteiger partial charge >= 0.3 is 0 Å². The van der Waals surface area contributed by atoms with E-state index in [2.05, 4.69) is 31.3 Å². The molecule has 1 aliphatic carbocycles. The van der Waals surface area contributed by atoms with E-state index < -0.39 is 8.07 Å². The van der Waals surface area contributed by atoms with Crippen LogP contribution in [0.3, 0.4) is 0 Å². The molecule has 0 aromatic carbocycles. The molecule has 0 saturated heterocycles. The molecule has 0 aromatic heterocycles. The van der Waals surface area contributed by atoms with E-state index in [1.165, 1.54) is 38.5 Å². The van der Waals surface area contributed by atoms with Gasteiger partial charge in [0, 0.05) is 14.1 Å². The highest BCUT2D eigenvalue weighted by molar-refractivity contribution is 6.76. The summed E-state index contributed by atoms with van der Waals surface area (Å²) in [4.78, 5) is 0. The van der Waals surface area contributed by atoms with Crippen molar-refractivity contribution in [3.63, 3.8) is 0 Å². The van der Waals surface area contributed by atoms with Crippen LogP contribution in [0.2, 0.25) is 31.7 Å². The minimum Gasteiger partial charge on any atom is -0.329 e. The Bertz CT molecular complexity index is 183. The largest absolute Gasteiger partial charge is 0.329 e. The fraction of sp³-hybridized carbons (Fsp3) is 1.00. The first-order chi connectivity index (χ1) is 7.49. The zero-order valence-electron chi connectivity index (χ0n) is 11.9. The maximum Gasteiger partial charge on any atom is 0.0950 e. The molecule has 0 N–H and O–H groups in total. The quantitative estimate of drug-likeness (QED) is 0.520. The highest BCUT2D eigenvalue weighted by Crippen LogP contribution is 2.21. The van der Waals surface area contributed by atoms with Crippen molar-refractivity contribution in [3.8, 4) is 0 Å². The molecule has 0 atom stereocenters. The van der Waals surface area contributed by atoms with Gasteiger partial charge in [0.25, 0.3) is 0 Å². The van der Waals surface area contributed by atoms with E-state index in [4.69, 9.17) is 0 Å². The van der Waals surface area contributed by atoms with Crippen molar-refractivity contribution >= 4 is 17.8 Å². The number of hydrogen-bond donors (Lipinski definition) is 0. The smallest absolute Gasteiger partial charge is 0.0950 e. The Hall–Kier alpha value is 0.394. The fourth-order valence-electron chi connectivity index (χ4n) is 2.72. The molecule has 1 saturated carbocycles. The van der Waals surface area contributed by atoms with E-state index in [1.807, 2.05) is 0 Å². The van der Waals surface area contributed by atoms with Gasteiger partial charge in [0.2, 0.25) is 0 Å². The molecule has 0 aliphatic heterocycles. The van der Waals surface area contributed by atoms with Crippen LogP contribution in [0.25, 0.3) is 0 Å². The molecule has 1 aliphatic rings. The van der Waals surface area contributed by atoms with E-state index in [0.29, 0.717) is 0 Å². The van der Waals surface area contributed by atoms with Gasteiger partial charge < -0.3 is 4.57 Å². The van der Waals surface area contributed by atoms with Gasteiger partial charge in [0.15, 0.2) is 0 Å². The summed E-state index contributed by atoms with van der Waals surface area (Å²) in [6.07, 6.45) is 8.94. The average Bonchev–Trinajstić information content (AvgIpc) is 2.24. The molecule has 0 spiro atoms. The van der Waals surface area contributed by atoms with Crippen LogP contribution in [-0.4, -0.2) is 35.4 Å². The van der Waals surface area contributed by atoms with Gasteiger partial charge in [-0.25, -0.2) is 0 Å². The molecule has 1 fully saturated rings. The minimum atomic E-state index is -0.765. The van der Waals surface area contributed by atoms with E-state index in [9.17, 15) is 0 Å². The molecule has 0 bridgehead atoms. The molecule has 1 rings (SSSR count). The van der Waals surface area contributed by atoms with Gasteiger partial charge in [-0.05, 0) is 19.9 Å². The summed E-state index contributed by atoms with van der Waals surface area (Å²) in [7, 11) is 1.71. The van der Waals surface area contributed by atoms with Crippen LogP contribution in [0.15, 0.2) is 0 Å². The lowest BCUT2D eigenvalue weighted by Crippen LogP contribution is -2.36. The zero-order chi connectivity index (χ0) is 12.0. The van der Waals surface area contributed by atoms with E-state index >= 15 is 0 Å². The Morgan fingerprint density at radius 2 is 1.75 bits per heavy atom. The topological polar surface area (TPSA) is 3.24 Å². The van der Waals surface area contributed by atoms with E-state index in [-0.39, 0.29) is 9.68 Å². The highest BCUT2D eigenvalue weighted by atomic mass is 28.3. The second-order valence-electron chi connectivity index (χ2n) is 6.79. The first kappa shape index (κ1) is 14.5. The lowest BCUT2D eigenvalue weighted by atomic mass is 9.96. The lowest BCUT2D eigenvalue weighted by molar-refractivity contribution is 0.290. The van der Waals surface area contributed by atoms with Crippen LogP contribution in [0.4, 0.5) is 0 Å². The summed E-state index contributed by atoms with van der Waals surface area (Å²) in [6.45, 7) is 7.50. The summed E-state index contributed by atoms with van der Waals surface area (Å²) < 4.78 is 2.77. The summed E-state index contributed by atoms with van der Waals surface area (Å²) in [5, 5.41) is 0. The molecule has 1 nitrogen and oxygen atoms in total. The zero-order valence-corrected chi connectivity index (χ0v) is 14.3. The Kier molecular flexibility index (Phi) is 6.30. The van der Waals surface area contributed by atoms with E-state index in [1.54, 1.807) is 12.1 Å². The molecule has 96 valence electrons. The van der Waals surface area contributed by atoms with Crippen LogP contribution in [0.5, 0.6) is 0 Å². The molecule has 3 heteroatoms. The highest BCUT2D eigenvalue weighted by Gasteiger charge is 2.18. The van der Waals surface area contributed by atoms with Crippen molar-refractivity contribution in [1.82, 2.24) is 4.57 Å². The third-order valence-corrected chi connectivity index (χ3v) is 7.78. The molecule has 16 heavy (non-hydrogen) atoms. The van der Waals surface area contributed by atoms with Crippen molar-refractivity contribution in [2.75, 3.05) is 7.05 Å². The SMILES string of the molecule is CN([SiH2]CCC[Si](C)(C)C)C1CCCCC1. The van der Waals surface area contributed by atoms with Gasteiger partial charge in [0.05, 0.1) is 9.68 Å². The Balaban J connectivity index is 2.07. The summed E-state index contributed by atoms with van der Waals surface area (Å²) >= 11 is 0. The van der Waals surface area contributed by atoms with Crippen LogP contribution in [0.1, 0.15) is 38.5 Å². The predicted octanol–water partition coefficient (Wildman–Crippen LogP) is 3.48. The Morgan fingerprint density at radius 3 is 2.31 bits per heavy atom.